The second kappa shape index (κ2) is 9.72. The summed E-state index contributed by atoms with van der Waals surface area (Å²) in [7, 11) is -5.10. The van der Waals surface area contributed by atoms with Gasteiger partial charge in [0.05, 0.1) is 5.56 Å². The molecule has 2 aliphatic rings. The second-order valence-electron chi connectivity index (χ2n) is 8.06. The van der Waals surface area contributed by atoms with Crippen molar-refractivity contribution in [2.75, 3.05) is 5.75 Å². The van der Waals surface area contributed by atoms with Crippen molar-refractivity contribution >= 4 is 45.6 Å². The van der Waals surface area contributed by atoms with E-state index in [0.29, 0.717) is 5.57 Å². The first-order valence-electron chi connectivity index (χ1n) is 10.5. The second-order valence-corrected chi connectivity index (χ2v) is 10.6. The number of nitrogens with zero attached hydrogens (tertiary/aromatic N) is 2. The monoisotopic (exact) mass is 532 g/mol. The summed E-state index contributed by atoms with van der Waals surface area (Å²) in [6, 6.07) is 8.92. The van der Waals surface area contributed by atoms with Crippen molar-refractivity contribution < 1.29 is 41.8 Å². The number of fused-ring (bicyclic) bond motifs is 1. The molecule has 188 valence electrons. The predicted octanol–water partition coefficient (Wildman–Crippen LogP) is -0.902. The van der Waals surface area contributed by atoms with Gasteiger partial charge in [-0.3, -0.25) is 19.3 Å². The number of amides is 3. The number of rotatable bonds is 8. The normalized spacial score (nSPS) is 20.2. The number of thioether (sulfide) groups is 1. The van der Waals surface area contributed by atoms with Crippen molar-refractivity contribution in [1.82, 2.24) is 10.2 Å². The molecular weight excluding hydrogens is 512 g/mol. The molecule has 1 aromatic heterocycles. The minimum atomic E-state index is -5.10. The van der Waals surface area contributed by atoms with Crippen LogP contribution in [0.4, 0.5) is 0 Å². The predicted molar refractivity (Wildman–Crippen MR) is 124 cm³/mol. The average Bonchev–Trinajstić information content (AvgIpc) is 2.82. The number of aromatic nitrogens is 1. The molecule has 12 nitrogen and oxygen atoms in total. The van der Waals surface area contributed by atoms with Crippen molar-refractivity contribution in [3.05, 3.63) is 77.3 Å². The van der Waals surface area contributed by atoms with E-state index in [9.17, 15) is 37.3 Å². The fourth-order valence-corrected chi connectivity index (χ4v) is 6.21. The highest BCUT2D eigenvalue weighted by Gasteiger charge is 2.55. The van der Waals surface area contributed by atoms with Gasteiger partial charge in [-0.25, -0.2) is 17.8 Å². The number of aliphatic carboxylic acids is 1. The van der Waals surface area contributed by atoms with E-state index >= 15 is 0 Å². The van der Waals surface area contributed by atoms with E-state index in [1.165, 1.54) is 48.2 Å². The molecule has 2 aromatic rings. The number of hydrogen-bond acceptors (Lipinski definition) is 8. The molecule has 3 atom stereocenters. The number of hydrogen-bond donors (Lipinski definition) is 3. The third-order valence-electron chi connectivity index (χ3n) is 5.73. The zero-order valence-corrected chi connectivity index (χ0v) is 20.1. The quantitative estimate of drug-likeness (QED) is 0.220. The van der Waals surface area contributed by atoms with E-state index in [-0.39, 0.29) is 29.1 Å². The molecule has 4 N–H and O–H groups in total. The van der Waals surface area contributed by atoms with Crippen LogP contribution in [0, 0.1) is 0 Å². The first kappa shape index (κ1) is 25.3. The summed E-state index contributed by atoms with van der Waals surface area (Å²) in [5, 5.41) is 9.29. The molecule has 1 fully saturated rings. The van der Waals surface area contributed by atoms with Gasteiger partial charge < -0.3 is 20.7 Å². The molecule has 0 aliphatic carbocycles. The molecular formula is C22H20N4O8S2. The van der Waals surface area contributed by atoms with E-state index in [0.717, 1.165) is 4.90 Å². The van der Waals surface area contributed by atoms with Crippen LogP contribution < -0.4 is 15.6 Å². The number of β-lactam (4-membered cyclic amide) rings is 1. The summed E-state index contributed by atoms with van der Waals surface area (Å²) in [4.78, 5) is 50.0. The van der Waals surface area contributed by atoms with Gasteiger partial charge in [0.15, 0.2) is 24.2 Å². The van der Waals surface area contributed by atoms with Gasteiger partial charge in [-0.05, 0) is 5.56 Å². The third-order valence-corrected chi connectivity index (χ3v) is 8.13. The van der Waals surface area contributed by atoms with Crippen molar-refractivity contribution in [3.63, 3.8) is 0 Å². The molecule has 1 aromatic carbocycles. The summed E-state index contributed by atoms with van der Waals surface area (Å²) in [6.07, 6.45) is 3.11. The van der Waals surface area contributed by atoms with Gasteiger partial charge in [-0.15, -0.1) is 11.8 Å². The third kappa shape index (κ3) is 4.82. The van der Waals surface area contributed by atoms with Gasteiger partial charge in [0, 0.05) is 23.5 Å². The van der Waals surface area contributed by atoms with Gasteiger partial charge >= 0.3 is 5.97 Å². The highest BCUT2D eigenvalue weighted by atomic mass is 32.2. The highest BCUT2D eigenvalue weighted by Crippen LogP contribution is 2.40. The number of nitrogens with one attached hydrogen (secondary N) is 1. The maximum Gasteiger partial charge on any atom is 0.352 e. The average molecular weight is 533 g/mol. The van der Waals surface area contributed by atoms with Crippen LogP contribution in [0.25, 0.3) is 0 Å². The summed E-state index contributed by atoms with van der Waals surface area (Å²) in [5.74, 6) is -3.64. The highest BCUT2D eigenvalue weighted by molar-refractivity contribution is 8.00. The van der Waals surface area contributed by atoms with Crippen LogP contribution in [0.15, 0.2) is 66.1 Å². The number of primary amides is 1. The molecule has 2 aliphatic heterocycles. The van der Waals surface area contributed by atoms with Crippen LogP contribution in [0.3, 0.4) is 0 Å². The lowest BCUT2D eigenvalue weighted by Gasteiger charge is -2.49. The number of carbonyl (C=O) groups excluding carboxylic acids is 3. The molecule has 3 amide bonds. The summed E-state index contributed by atoms with van der Waals surface area (Å²) in [6.45, 7) is 0.117. The van der Waals surface area contributed by atoms with Crippen LogP contribution in [0.5, 0.6) is 0 Å². The first-order valence-corrected chi connectivity index (χ1v) is 13.0. The van der Waals surface area contributed by atoms with Gasteiger partial charge in [-0.1, -0.05) is 30.3 Å². The lowest BCUT2D eigenvalue weighted by atomic mass is 10.0. The Hall–Kier alpha value is -3.75. The minimum absolute atomic E-state index is 0.0438. The van der Waals surface area contributed by atoms with Crippen LogP contribution in [-0.2, 0) is 31.0 Å². The Morgan fingerprint density at radius 2 is 1.83 bits per heavy atom. The molecule has 0 saturated carbocycles. The number of carboxylic acid groups (broad SMARTS) is 1. The minimum Gasteiger partial charge on any atom is -0.747 e. The van der Waals surface area contributed by atoms with E-state index in [1.54, 1.807) is 23.0 Å². The van der Waals surface area contributed by atoms with Gasteiger partial charge in [0.2, 0.25) is 11.8 Å². The number of nitrogens with two attached hydrogens (primary N) is 1. The molecule has 3 heterocycles. The Balaban J connectivity index is 1.54. The molecule has 0 unspecified atom stereocenters. The van der Waals surface area contributed by atoms with Gasteiger partial charge in [0.25, 0.3) is 5.91 Å². The fraction of sp³-hybridized carbons (Fsp3) is 0.227. The van der Waals surface area contributed by atoms with Crippen molar-refractivity contribution in [2.24, 2.45) is 5.73 Å². The molecule has 1 saturated heterocycles. The summed E-state index contributed by atoms with van der Waals surface area (Å²) >= 11 is 1.19. The molecule has 0 bridgehead atoms. The van der Waals surface area contributed by atoms with Crippen LogP contribution in [0.2, 0.25) is 0 Å². The van der Waals surface area contributed by atoms with Gasteiger partial charge in [-0.2, -0.15) is 0 Å². The molecule has 36 heavy (non-hydrogen) atoms. The summed E-state index contributed by atoms with van der Waals surface area (Å²) in [5.41, 5.74) is 5.64. The maximum atomic E-state index is 12.9. The summed E-state index contributed by atoms with van der Waals surface area (Å²) < 4.78 is 37.1. The number of carbonyl (C=O) groups is 4. The van der Waals surface area contributed by atoms with Crippen LogP contribution >= 0.6 is 11.8 Å². The largest absolute Gasteiger partial charge is 0.747 e. The number of carboxylic acids is 1. The number of benzene rings is 1. The van der Waals surface area contributed by atoms with Crippen LogP contribution in [0.1, 0.15) is 21.2 Å². The Morgan fingerprint density at radius 3 is 2.39 bits per heavy atom. The molecule has 4 rings (SSSR count). The topological polar surface area (TPSA) is 191 Å². The molecule has 0 spiro atoms. The lowest BCUT2D eigenvalue weighted by Crippen LogP contribution is -2.71. The van der Waals surface area contributed by atoms with Crippen LogP contribution in [-0.4, -0.2) is 63.8 Å². The fourth-order valence-electron chi connectivity index (χ4n) is 4.06. The van der Waals surface area contributed by atoms with E-state index < -0.39 is 50.5 Å². The Kier molecular flexibility index (Phi) is 6.84. The van der Waals surface area contributed by atoms with Crippen molar-refractivity contribution in [3.8, 4) is 0 Å². The maximum absolute atomic E-state index is 12.9. The molecule has 0 radical (unpaired) electrons. The van der Waals surface area contributed by atoms with Crippen molar-refractivity contribution in [1.29, 1.82) is 0 Å². The Labute approximate surface area is 209 Å². The molecule has 14 heteroatoms. The van der Waals surface area contributed by atoms with Crippen molar-refractivity contribution in [2.45, 2.75) is 23.2 Å². The van der Waals surface area contributed by atoms with Gasteiger partial charge in [0.1, 0.15) is 27.2 Å². The van der Waals surface area contributed by atoms with E-state index in [4.69, 9.17) is 5.73 Å². The lowest BCUT2D eigenvalue weighted by molar-refractivity contribution is -0.689. The Morgan fingerprint density at radius 1 is 1.19 bits per heavy atom. The SMILES string of the molecule is NC(=O)c1cc[n+](CC2=C(C(=O)O)N3C(=O)[C@@H](NC(=O)[C@H](c4ccccc4)S(=O)(=O)[O-])[C@@H]3SC2)cc1. The van der Waals surface area contributed by atoms with E-state index in [2.05, 4.69) is 5.32 Å². The zero-order valence-electron chi connectivity index (χ0n) is 18.4. The first-order chi connectivity index (χ1) is 17.0. The number of pyridine rings is 1. The standard InChI is InChI=1S/C22H20N4O8S2/c23-18(27)13-6-8-25(9-7-13)10-14-11-35-21-15(20(29)26(21)16(14)22(30)31)24-19(28)17(36(32,33)34)12-4-2-1-3-5-12/h1-9,15,17,21H,10-11H2,(H4-,23,24,27,28,30,31,32,33,34)/t15-,17+,21+/m1/s1. The van der Waals surface area contributed by atoms with E-state index in [1.807, 2.05) is 0 Å². The Bertz CT molecular complexity index is 1380. The zero-order chi connectivity index (χ0) is 26.2. The smallest absolute Gasteiger partial charge is 0.352 e.